The maximum absolute atomic E-state index is 6.08. The quantitative estimate of drug-likeness (QED) is 0.511. The van der Waals surface area contributed by atoms with E-state index in [4.69, 9.17) is 23.2 Å². The van der Waals surface area contributed by atoms with Crippen molar-refractivity contribution in [1.82, 2.24) is 0 Å². The summed E-state index contributed by atoms with van der Waals surface area (Å²) < 4.78 is 2.47. The van der Waals surface area contributed by atoms with Crippen LogP contribution in [0.4, 0.5) is 0 Å². The number of alkyl halides is 1. The standard InChI is InChI=1S/C9H5Cl2IS/c10-3-5-1-2-7(12)9-8(5)6(11)4-13-9/h1-2,4H,3H2. The van der Waals surface area contributed by atoms with Crippen LogP contribution in [0, 0.1) is 3.57 Å². The highest BCUT2D eigenvalue weighted by Crippen LogP contribution is 2.36. The van der Waals surface area contributed by atoms with Gasteiger partial charge in [0.05, 0.1) is 5.02 Å². The molecular formula is C9H5Cl2IS. The smallest absolute Gasteiger partial charge is 0.0595 e. The SMILES string of the molecule is ClCc1ccc(I)c2scc(Cl)c12. The van der Waals surface area contributed by atoms with Crippen molar-refractivity contribution in [2.75, 3.05) is 0 Å². The molecule has 0 spiro atoms. The number of hydrogen-bond donors (Lipinski definition) is 0. The second-order valence-corrected chi connectivity index (χ2v) is 5.34. The van der Waals surface area contributed by atoms with Gasteiger partial charge in [-0.05, 0) is 34.2 Å². The van der Waals surface area contributed by atoms with Crippen molar-refractivity contribution in [3.63, 3.8) is 0 Å². The van der Waals surface area contributed by atoms with Gasteiger partial charge in [-0.25, -0.2) is 0 Å². The lowest BCUT2D eigenvalue weighted by Gasteiger charge is -2.00. The molecule has 2 aromatic rings. The van der Waals surface area contributed by atoms with Crippen LogP contribution in [0.3, 0.4) is 0 Å². The molecule has 0 unspecified atom stereocenters. The Morgan fingerprint density at radius 1 is 1.38 bits per heavy atom. The lowest BCUT2D eigenvalue weighted by atomic mass is 10.1. The van der Waals surface area contributed by atoms with E-state index in [0.29, 0.717) is 5.88 Å². The zero-order valence-corrected chi connectivity index (χ0v) is 11.0. The summed E-state index contributed by atoms with van der Waals surface area (Å²) in [5, 5.41) is 3.90. The molecule has 0 atom stereocenters. The van der Waals surface area contributed by atoms with E-state index < -0.39 is 0 Å². The Hall–Kier alpha value is 0.490. The molecule has 1 aromatic carbocycles. The Balaban J connectivity index is 2.88. The van der Waals surface area contributed by atoms with E-state index in [1.54, 1.807) is 11.3 Å². The predicted molar refractivity (Wildman–Crippen MR) is 69.1 cm³/mol. The Morgan fingerprint density at radius 2 is 2.15 bits per heavy atom. The maximum Gasteiger partial charge on any atom is 0.0595 e. The van der Waals surface area contributed by atoms with E-state index in [1.807, 2.05) is 11.4 Å². The van der Waals surface area contributed by atoms with E-state index >= 15 is 0 Å². The van der Waals surface area contributed by atoms with Gasteiger partial charge in [-0.15, -0.1) is 22.9 Å². The number of thiophene rings is 1. The summed E-state index contributed by atoms with van der Waals surface area (Å²) in [6.45, 7) is 0. The normalized spacial score (nSPS) is 11.0. The summed E-state index contributed by atoms with van der Waals surface area (Å²) in [7, 11) is 0. The molecule has 0 saturated carbocycles. The lowest BCUT2D eigenvalue weighted by Crippen LogP contribution is -1.81. The van der Waals surface area contributed by atoms with Crippen LogP contribution in [0.25, 0.3) is 10.1 Å². The van der Waals surface area contributed by atoms with Crippen LogP contribution < -0.4 is 0 Å². The largest absolute Gasteiger partial charge is 0.141 e. The van der Waals surface area contributed by atoms with Crippen molar-refractivity contribution in [3.05, 3.63) is 31.7 Å². The zero-order chi connectivity index (χ0) is 9.42. The fraction of sp³-hybridized carbons (Fsp3) is 0.111. The Morgan fingerprint density at radius 3 is 2.85 bits per heavy atom. The van der Waals surface area contributed by atoms with Crippen LogP contribution in [0.1, 0.15) is 5.56 Å². The van der Waals surface area contributed by atoms with E-state index in [1.165, 1.54) is 8.27 Å². The predicted octanol–water partition coefficient (Wildman–Crippen LogP) is 4.90. The molecule has 4 heteroatoms. The highest BCUT2D eigenvalue weighted by atomic mass is 127. The summed E-state index contributed by atoms with van der Waals surface area (Å²) in [4.78, 5) is 0. The fourth-order valence-electron chi connectivity index (χ4n) is 1.26. The Labute approximate surface area is 104 Å². The van der Waals surface area contributed by atoms with Gasteiger partial charge >= 0.3 is 0 Å². The molecule has 0 nitrogen and oxygen atoms in total. The molecule has 0 fully saturated rings. The van der Waals surface area contributed by atoms with Gasteiger partial charge in [0.1, 0.15) is 0 Å². The number of benzene rings is 1. The van der Waals surface area contributed by atoms with Crippen LogP contribution in [-0.4, -0.2) is 0 Å². The number of halogens is 3. The van der Waals surface area contributed by atoms with Crippen molar-refractivity contribution in [2.45, 2.75) is 5.88 Å². The summed E-state index contributed by atoms with van der Waals surface area (Å²) in [5.74, 6) is 0.518. The average Bonchev–Trinajstić information content (AvgIpc) is 2.51. The first-order valence-electron chi connectivity index (χ1n) is 3.64. The maximum atomic E-state index is 6.08. The molecule has 2 rings (SSSR count). The summed E-state index contributed by atoms with van der Waals surface area (Å²) in [5.41, 5.74) is 1.11. The molecule has 13 heavy (non-hydrogen) atoms. The molecular weight excluding hydrogens is 338 g/mol. The van der Waals surface area contributed by atoms with Crippen molar-refractivity contribution >= 4 is 67.2 Å². The lowest BCUT2D eigenvalue weighted by molar-refractivity contribution is 1.45. The minimum atomic E-state index is 0.518. The molecule has 0 N–H and O–H groups in total. The molecule has 1 heterocycles. The molecule has 1 aromatic heterocycles. The van der Waals surface area contributed by atoms with Gasteiger partial charge in [0.15, 0.2) is 0 Å². The van der Waals surface area contributed by atoms with Gasteiger partial charge in [-0.3, -0.25) is 0 Å². The van der Waals surface area contributed by atoms with Crippen LogP contribution in [0.15, 0.2) is 17.5 Å². The van der Waals surface area contributed by atoms with E-state index in [2.05, 4.69) is 28.7 Å². The number of rotatable bonds is 1. The Bertz CT molecular complexity index is 450. The van der Waals surface area contributed by atoms with Gasteiger partial charge in [0, 0.05) is 24.9 Å². The van der Waals surface area contributed by atoms with Crippen molar-refractivity contribution in [1.29, 1.82) is 0 Å². The monoisotopic (exact) mass is 342 g/mol. The van der Waals surface area contributed by atoms with Gasteiger partial charge in [-0.2, -0.15) is 0 Å². The summed E-state index contributed by atoms with van der Waals surface area (Å²) in [6, 6.07) is 4.11. The van der Waals surface area contributed by atoms with E-state index in [9.17, 15) is 0 Å². The van der Waals surface area contributed by atoms with Crippen LogP contribution in [0.5, 0.6) is 0 Å². The topological polar surface area (TPSA) is 0 Å². The minimum absolute atomic E-state index is 0.518. The second-order valence-electron chi connectivity index (χ2n) is 2.63. The summed E-state index contributed by atoms with van der Waals surface area (Å²) in [6.07, 6.45) is 0. The van der Waals surface area contributed by atoms with Gasteiger partial charge in [-0.1, -0.05) is 17.7 Å². The molecule has 0 aliphatic heterocycles. The third-order valence-electron chi connectivity index (χ3n) is 1.86. The van der Waals surface area contributed by atoms with E-state index in [-0.39, 0.29) is 0 Å². The molecule has 68 valence electrons. The first kappa shape index (κ1) is 10.0. The zero-order valence-electron chi connectivity index (χ0n) is 6.48. The summed E-state index contributed by atoms with van der Waals surface area (Å²) >= 11 is 15.9. The molecule has 0 amide bonds. The van der Waals surface area contributed by atoms with Crippen molar-refractivity contribution in [3.8, 4) is 0 Å². The highest BCUT2D eigenvalue weighted by molar-refractivity contribution is 14.1. The molecule has 0 aliphatic carbocycles. The highest BCUT2D eigenvalue weighted by Gasteiger charge is 2.09. The van der Waals surface area contributed by atoms with Gasteiger partial charge in [0.2, 0.25) is 0 Å². The average molecular weight is 343 g/mol. The van der Waals surface area contributed by atoms with Gasteiger partial charge in [0.25, 0.3) is 0 Å². The minimum Gasteiger partial charge on any atom is -0.141 e. The second kappa shape index (κ2) is 3.93. The molecule has 0 aliphatic rings. The molecule has 0 radical (unpaired) electrons. The first-order chi connectivity index (χ1) is 6.24. The molecule has 0 saturated heterocycles. The van der Waals surface area contributed by atoms with Crippen LogP contribution >= 0.6 is 57.1 Å². The van der Waals surface area contributed by atoms with Crippen molar-refractivity contribution in [2.24, 2.45) is 0 Å². The molecule has 0 bridgehead atoms. The first-order valence-corrected chi connectivity index (χ1v) is 6.51. The number of hydrogen-bond acceptors (Lipinski definition) is 1. The van der Waals surface area contributed by atoms with Crippen molar-refractivity contribution < 1.29 is 0 Å². The third-order valence-corrected chi connectivity index (χ3v) is 4.85. The Kier molecular flexibility index (Phi) is 3.03. The van der Waals surface area contributed by atoms with Crippen LogP contribution in [0.2, 0.25) is 5.02 Å². The van der Waals surface area contributed by atoms with E-state index in [0.717, 1.165) is 16.0 Å². The fourth-order valence-corrected chi connectivity index (χ4v) is 3.59. The van der Waals surface area contributed by atoms with Gasteiger partial charge < -0.3 is 0 Å². The number of fused-ring (bicyclic) bond motifs is 1. The third kappa shape index (κ3) is 1.69. The van der Waals surface area contributed by atoms with Crippen LogP contribution in [-0.2, 0) is 5.88 Å².